The van der Waals surface area contributed by atoms with E-state index in [9.17, 15) is 0 Å². The summed E-state index contributed by atoms with van der Waals surface area (Å²) in [4.78, 5) is 2.76. The maximum Gasteiger partial charge on any atom is 0.160 e. The molecule has 0 aromatic heterocycles. The highest BCUT2D eigenvalue weighted by Crippen LogP contribution is 2.35. The van der Waals surface area contributed by atoms with Crippen LogP contribution in [-0.2, 0) is 9.47 Å². The molecule has 0 bridgehead atoms. The molecule has 0 aromatic carbocycles. The number of ether oxygens (including phenoxy) is 2. The Morgan fingerprint density at radius 1 is 1.27 bits per heavy atom. The lowest BCUT2D eigenvalue weighted by molar-refractivity contribution is -0.234. The highest BCUT2D eigenvalue weighted by molar-refractivity contribution is 4.83. The van der Waals surface area contributed by atoms with Crippen molar-refractivity contribution < 1.29 is 9.47 Å². The maximum atomic E-state index is 8.30. The fourth-order valence-electron chi connectivity index (χ4n) is 2.08. The van der Waals surface area contributed by atoms with E-state index in [4.69, 9.17) is 15.0 Å². The van der Waals surface area contributed by atoms with E-state index < -0.39 is 0 Å². The van der Waals surface area contributed by atoms with E-state index in [1.54, 1.807) is 7.11 Å². The van der Waals surface area contributed by atoms with Crippen LogP contribution in [-0.4, -0.2) is 26.0 Å². The van der Waals surface area contributed by atoms with Crippen LogP contribution < -0.4 is 0 Å². The summed E-state index contributed by atoms with van der Waals surface area (Å²) in [5.41, 5.74) is 8.30. The number of hydrogen-bond donors (Lipinski definition) is 0. The van der Waals surface area contributed by atoms with E-state index in [1.165, 1.54) is 0 Å². The summed E-state index contributed by atoms with van der Waals surface area (Å²) < 4.78 is 11.0. The Balaban J connectivity index is 2.69. The molecule has 0 amide bonds. The van der Waals surface area contributed by atoms with Crippen LogP contribution in [0.25, 0.3) is 10.4 Å². The molecule has 86 valence electrons. The molecule has 1 aliphatic rings. The number of azide groups is 1. The molecule has 1 fully saturated rings. The van der Waals surface area contributed by atoms with Gasteiger partial charge in [-0.15, -0.1) is 0 Å². The van der Waals surface area contributed by atoms with E-state index >= 15 is 0 Å². The lowest BCUT2D eigenvalue weighted by atomic mass is 9.79. The SMILES string of the molecule is CO[C@@H]1O[C@H](CN=[N+]=[N-])C(C)[C@H](C)[C@@H]1C. The molecule has 15 heavy (non-hydrogen) atoms. The van der Waals surface area contributed by atoms with Crippen molar-refractivity contribution in [1.29, 1.82) is 0 Å². The second-order valence-electron chi connectivity index (χ2n) is 4.27. The van der Waals surface area contributed by atoms with Crippen LogP contribution in [0.5, 0.6) is 0 Å². The van der Waals surface area contributed by atoms with Gasteiger partial charge in [0.1, 0.15) is 0 Å². The molecule has 0 aromatic rings. The molecule has 1 rings (SSSR count). The van der Waals surface area contributed by atoms with Gasteiger partial charge >= 0.3 is 0 Å². The van der Waals surface area contributed by atoms with Crippen LogP contribution in [0.3, 0.4) is 0 Å². The van der Waals surface area contributed by atoms with Gasteiger partial charge in [0.15, 0.2) is 6.29 Å². The lowest BCUT2D eigenvalue weighted by Crippen LogP contribution is -2.46. The molecular formula is C10H19N3O2. The van der Waals surface area contributed by atoms with Gasteiger partial charge in [-0.2, -0.15) is 0 Å². The minimum atomic E-state index is -0.185. The normalized spacial score (nSPS) is 40.9. The largest absolute Gasteiger partial charge is 0.356 e. The summed E-state index contributed by atoms with van der Waals surface area (Å²) in [7, 11) is 1.65. The van der Waals surface area contributed by atoms with Crippen molar-refractivity contribution >= 4 is 0 Å². The van der Waals surface area contributed by atoms with Crippen molar-refractivity contribution in [3.05, 3.63) is 10.4 Å². The van der Waals surface area contributed by atoms with Crippen molar-refractivity contribution in [2.75, 3.05) is 13.7 Å². The molecule has 5 atom stereocenters. The number of methoxy groups -OCH3 is 1. The predicted octanol–water partition coefficient (Wildman–Crippen LogP) is 2.58. The van der Waals surface area contributed by atoms with E-state index in [0.717, 1.165) is 0 Å². The molecule has 0 aliphatic carbocycles. The van der Waals surface area contributed by atoms with Crippen molar-refractivity contribution in [1.82, 2.24) is 0 Å². The van der Waals surface area contributed by atoms with E-state index in [1.807, 2.05) is 0 Å². The second kappa shape index (κ2) is 5.35. The van der Waals surface area contributed by atoms with Gasteiger partial charge in [0, 0.05) is 17.9 Å². The molecule has 1 heterocycles. The highest BCUT2D eigenvalue weighted by atomic mass is 16.7. The average molecular weight is 213 g/mol. The molecule has 0 saturated carbocycles. The van der Waals surface area contributed by atoms with Crippen LogP contribution in [0.15, 0.2) is 5.11 Å². The van der Waals surface area contributed by atoms with Crippen molar-refractivity contribution in [2.24, 2.45) is 22.9 Å². The summed E-state index contributed by atoms with van der Waals surface area (Å²) in [6.45, 7) is 6.82. The Labute approximate surface area is 90.4 Å². The smallest absolute Gasteiger partial charge is 0.160 e. The zero-order valence-electron chi connectivity index (χ0n) is 9.75. The van der Waals surface area contributed by atoms with Gasteiger partial charge < -0.3 is 9.47 Å². The van der Waals surface area contributed by atoms with Crippen LogP contribution >= 0.6 is 0 Å². The standard InChI is InChI=1S/C10H19N3O2/c1-6-7(2)9(5-12-13-11)15-10(14-4)8(6)3/h6-10H,5H2,1-4H3/t6-,7?,8-,9+,10+/m0/s1. The summed E-state index contributed by atoms with van der Waals surface area (Å²) in [5, 5.41) is 3.57. The van der Waals surface area contributed by atoms with Crippen LogP contribution in [0.4, 0.5) is 0 Å². The first kappa shape index (κ1) is 12.3. The average Bonchev–Trinajstić information content (AvgIpc) is 2.25. The van der Waals surface area contributed by atoms with Crippen molar-refractivity contribution in [3.8, 4) is 0 Å². The summed E-state index contributed by atoms with van der Waals surface area (Å²) in [6, 6.07) is 0. The molecule has 0 radical (unpaired) electrons. The quantitative estimate of drug-likeness (QED) is 0.411. The topological polar surface area (TPSA) is 67.2 Å². The van der Waals surface area contributed by atoms with Crippen LogP contribution in [0.2, 0.25) is 0 Å². The van der Waals surface area contributed by atoms with Gasteiger partial charge in [0.05, 0.1) is 12.6 Å². The number of nitrogens with zero attached hydrogens (tertiary/aromatic N) is 3. The van der Waals surface area contributed by atoms with Crippen LogP contribution in [0, 0.1) is 17.8 Å². The van der Waals surface area contributed by atoms with E-state index in [2.05, 4.69) is 30.8 Å². The Morgan fingerprint density at radius 3 is 2.47 bits per heavy atom. The number of rotatable bonds is 3. The Hall–Kier alpha value is -0.770. The van der Waals surface area contributed by atoms with Crippen molar-refractivity contribution in [2.45, 2.75) is 33.2 Å². The second-order valence-corrected chi connectivity index (χ2v) is 4.27. The Bertz CT molecular complexity index is 251. The Morgan fingerprint density at radius 2 is 1.93 bits per heavy atom. The zero-order chi connectivity index (χ0) is 11.4. The first-order valence-electron chi connectivity index (χ1n) is 5.31. The van der Waals surface area contributed by atoms with Gasteiger partial charge in [-0.25, -0.2) is 0 Å². The monoisotopic (exact) mass is 213 g/mol. The van der Waals surface area contributed by atoms with Gasteiger partial charge in [0.25, 0.3) is 0 Å². The Kier molecular flexibility index (Phi) is 4.39. The summed E-state index contributed by atoms with van der Waals surface area (Å²) >= 11 is 0. The third kappa shape index (κ3) is 2.62. The van der Waals surface area contributed by atoms with Gasteiger partial charge in [-0.05, 0) is 17.4 Å². The lowest BCUT2D eigenvalue weighted by Gasteiger charge is -2.42. The van der Waals surface area contributed by atoms with E-state index in [-0.39, 0.29) is 12.4 Å². The molecule has 1 unspecified atom stereocenters. The summed E-state index contributed by atoms with van der Waals surface area (Å²) in [5.74, 6) is 1.26. The fourth-order valence-corrected chi connectivity index (χ4v) is 2.08. The fraction of sp³-hybridized carbons (Fsp3) is 1.00. The molecule has 0 N–H and O–H groups in total. The molecule has 5 nitrogen and oxygen atoms in total. The first-order chi connectivity index (χ1) is 7.11. The summed E-state index contributed by atoms with van der Waals surface area (Å²) in [6.07, 6.45) is -0.216. The third-order valence-corrected chi connectivity index (χ3v) is 3.54. The molecular weight excluding hydrogens is 194 g/mol. The third-order valence-electron chi connectivity index (χ3n) is 3.54. The van der Waals surface area contributed by atoms with Crippen LogP contribution in [0.1, 0.15) is 20.8 Å². The minimum Gasteiger partial charge on any atom is -0.356 e. The predicted molar refractivity (Wildman–Crippen MR) is 57.2 cm³/mol. The molecule has 5 heteroatoms. The molecule has 1 saturated heterocycles. The van der Waals surface area contributed by atoms with Crippen molar-refractivity contribution in [3.63, 3.8) is 0 Å². The number of hydrogen-bond acceptors (Lipinski definition) is 3. The maximum absolute atomic E-state index is 8.30. The first-order valence-corrected chi connectivity index (χ1v) is 5.31. The molecule has 1 aliphatic heterocycles. The zero-order valence-corrected chi connectivity index (χ0v) is 9.75. The highest BCUT2D eigenvalue weighted by Gasteiger charge is 2.38. The van der Waals surface area contributed by atoms with Gasteiger partial charge in [0.2, 0.25) is 0 Å². The van der Waals surface area contributed by atoms with Gasteiger partial charge in [-0.3, -0.25) is 0 Å². The van der Waals surface area contributed by atoms with Gasteiger partial charge in [-0.1, -0.05) is 25.9 Å². The van der Waals surface area contributed by atoms with E-state index in [0.29, 0.717) is 24.3 Å². The molecule has 0 spiro atoms. The minimum absolute atomic E-state index is 0.0305.